The molecule has 0 bridgehead atoms. The number of carbonyl (C=O) groups is 3. The van der Waals surface area contributed by atoms with Gasteiger partial charge in [-0.05, 0) is 32.6 Å². The molecule has 0 aromatic carbocycles. The molecule has 0 aromatic heterocycles. The molecule has 2 aliphatic rings. The minimum Gasteiger partial charge on any atom is -0.481 e. The summed E-state index contributed by atoms with van der Waals surface area (Å²) < 4.78 is 0. The van der Waals surface area contributed by atoms with Crippen LogP contribution in [-0.2, 0) is 14.4 Å². The molecule has 2 saturated carbocycles. The molecule has 1 N–H and O–H groups in total. The molecule has 0 amide bonds. The third kappa shape index (κ3) is 1.88. The predicted molar refractivity (Wildman–Crippen MR) is 55.8 cm³/mol. The highest BCUT2D eigenvalue weighted by molar-refractivity contribution is 6.05. The minimum absolute atomic E-state index is 0.0165. The first-order valence-corrected chi connectivity index (χ1v) is 5.74. The maximum Gasteiger partial charge on any atom is 0.309 e. The van der Waals surface area contributed by atoms with Crippen LogP contribution in [0.3, 0.4) is 0 Å². The molecular formula is C12H16O4. The van der Waals surface area contributed by atoms with E-state index in [2.05, 4.69) is 0 Å². The molecule has 2 fully saturated rings. The molecule has 0 aliphatic heterocycles. The molecule has 0 radical (unpaired) electrons. The van der Waals surface area contributed by atoms with E-state index in [-0.39, 0.29) is 30.3 Å². The van der Waals surface area contributed by atoms with Gasteiger partial charge in [-0.15, -0.1) is 0 Å². The van der Waals surface area contributed by atoms with Crippen molar-refractivity contribution in [2.75, 3.05) is 0 Å². The lowest BCUT2D eigenvalue weighted by Crippen LogP contribution is -2.41. The van der Waals surface area contributed by atoms with Crippen LogP contribution in [-0.4, -0.2) is 22.6 Å². The van der Waals surface area contributed by atoms with Gasteiger partial charge in [0.05, 0.1) is 11.3 Å². The molecule has 16 heavy (non-hydrogen) atoms. The zero-order valence-electron chi connectivity index (χ0n) is 9.36. The van der Waals surface area contributed by atoms with Crippen molar-refractivity contribution in [3.63, 3.8) is 0 Å². The van der Waals surface area contributed by atoms with Crippen molar-refractivity contribution in [1.29, 1.82) is 0 Å². The van der Waals surface area contributed by atoms with Crippen LogP contribution in [0.15, 0.2) is 0 Å². The standard InChI is InChI=1S/C12H16O4/c1-12(11(15)16)5-4-9(13)8(6-12)10(14)7-2-3-7/h7-8H,2-6H2,1H3,(H,15,16). The van der Waals surface area contributed by atoms with Crippen LogP contribution in [0.1, 0.15) is 39.0 Å². The van der Waals surface area contributed by atoms with Crippen LogP contribution in [0.25, 0.3) is 0 Å². The van der Waals surface area contributed by atoms with Gasteiger partial charge < -0.3 is 5.11 Å². The largest absolute Gasteiger partial charge is 0.481 e. The van der Waals surface area contributed by atoms with Crippen LogP contribution in [0.2, 0.25) is 0 Å². The summed E-state index contributed by atoms with van der Waals surface area (Å²) in [5.74, 6) is -1.59. The van der Waals surface area contributed by atoms with Gasteiger partial charge in [-0.25, -0.2) is 0 Å². The lowest BCUT2D eigenvalue weighted by Gasteiger charge is -2.33. The Labute approximate surface area is 94.0 Å². The highest BCUT2D eigenvalue weighted by Crippen LogP contribution is 2.42. The zero-order valence-corrected chi connectivity index (χ0v) is 9.36. The maximum atomic E-state index is 11.9. The molecule has 4 heteroatoms. The van der Waals surface area contributed by atoms with Gasteiger partial charge in [0, 0.05) is 12.3 Å². The molecule has 2 atom stereocenters. The molecule has 0 heterocycles. The van der Waals surface area contributed by atoms with Gasteiger partial charge in [-0.1, -0.05) is 0 Å². The van der Waals surface area contributed by atoms with Gasteiger partial charge in [0.25, 0.3) is 0 Å². The Morgan fingerprint density at radius 3 is 2.50 bits per heavy atom. The number of carboxylic acid groups (broad SMARTS) is 1. The minimum atomic E-state index is -0.900. The van der Waals surface area contributed by atoms with E-state index in [4.69, 9.17) is 5.11 Å². The first-order chi connectivity index (χ1) is 7.44. The Bertz CT molecular complexity index is 356. The number of ketones is 2. The SMILES string of the molecule is CC1(C(=O)O)CCC(=O)C(C(=O)C2CC2)C1. The summed E-state index contributed by atoms with van der Waals surface area (Å²) in [6.07, 6.45) is 2.51. The summed E-state index contributed by atoms with van der Waals surface area (Å²) in [5, 5.41) is 9.11. The van der Waals surface area contributed by atoms with E-state index >= 15 is 0 Å². The molecule has 88 valence electrons. The molecule has 0 saturated heterocycles. The van der Waals surface area contributed by atoms with E-state index in [9.17, 15) is 14.4 Å². The molecule has 4 nitrogen and oxygen atoms in total. The Balaban J connectivity index is 2.14. The van der Waals surface area contributed by atoms with Gasteiger partial charge in [-0.2, -0.15) is 0 Å². The highest BCUT2D eigenvalue weighted by atomic mass is 16.4. The Kier molecular flexibility index (Phi) is 2.60. The Morgan fingerprint density at radius 2 is 2.00 bits per heavy atom. The fourth-order valence-corrected chi connectivity index (χ4v) is 2.35. The van der Waals surface area contributed by atoms with E-state index in [1.165, 1.54) is 0 Å². The molecule has 2 unspecified atom stereocenters. The lowest BCUT2D eigenvalue weighted by atomic mass is 9.68. The average molecular weight is 224 g/mol. The summed E-state index contributed by atoms with van der Waals surface area (Å²) in [6, 6.07) is 0. The van der Waals surface area contributed by atoms with Crippen molar-refractivity contribution in [1.82, 2.24) is 0 Å². The summed E-state index contributed by atoms with van der Waals surface area (Å²) in [7, 11) is 0. The van der Waals surface area contributed by atoms with Gasteiger partial charge >= 0.3 is 5.97 Å². The third-order valence-electron chi connectivity index (χ3n) is 3.81. The number of aliphatic carboxylic acids is 1. The predicted octanol–water partition coefficient (Wildman–Crippen LogP) is 1.43. The van der Waals surface area contributed by atoms with Crippen molar-refractivity contribution in [2.24, 2.45) is 17.3 Å². The zero-order chi connectivity index (χ0) is 11.9. The molecule has 2 rings (SSSR count). The fraction of sp³-hybridized carbons (Fsp3) is 0.750. The fourth-order valence-electron chi connectivity index (χ4n) is 2.35. The second kappa shape index (κ2) is 3.68. The smallest absolute Gasteiger partial charge is 0.309 e. The number of hydrogen-bond donors (Lipinski definition) is 1. The first kappa shape index (κ1) is 11.3. The number of hydrogen-bond acceptors (Lipinski definition) is 3. The third-order valence-corrected chi connectivity index (χ3v) is 3.81. The molecule has 2 aliphatic carbocycles. The van der Waals surface area contributed by atoms with Crippen LogP contribution >= 0.6 is 0 Å². The van der Waals surface area contributed by atoms with Crippen molar-refractivity contribution >= 4 is 17.5 Å². The summed E-state index contributed by atoms with van der Waals surface area (Å²) in [4.78, 5) is 34.6. The van der Waals surface area contributed by atoms with Crippen molar-refractivity contribution in [3.05, 3.63) is 0 Å². The lowest BCUT2D eigenvalue weighted by molar-refractivity contribution is -0.153. The highest BCUT2D eigenvalue weighted by Gasteiger charge is 2.47. The maximum absolute atomic E-state index is 11.9. The van der Waals surface area contributed by atoms with Gasteiger partial charge in [0.1, 0.15) is 11.6 Å². The van der Waals surface area contributed by atoms with Crippen LogP contribution in [0, 0.1) is 17.3 Å². The number of rotatable bonds is 3. The monoisotopic (exact) mass is 224 g/mol. The number of carboxylic acids is 1. The summed E-state index contributed by atoms with van der Waals surface area (Å²) in [5.41, 5.74) is -0.900. The number of Topliss-reactive ketones (excluding diaryl/α,β-unsaturated/α-hetero) is 2. The Morgan fingerprint density at radius 1 is 1.38 bits per heavy atom. The van der Waals surface area contributed by atoms with Crippen LogP contribution in [0.5, 0.6) is 0 Å². The van der Waals surface area contributed by atoms with Gasteiger partial charge in [-0.3, -0.25) is 14.4 Å². The van der Waals surface area contributed by atoms with Gasteiger partial charge in [0.2, 0.25) is 0 Å². The molecule has 0 spiro atoms. The summed E-state index contributed by atoms with van der Waals surface area (Å²) in [6.45, 7) is 1.63. The van der Waals surface area contributed by atoms with E-state index in [1.807, 2.05) is 0 Å². The van der Waals surface area contributed by atoms with Crippen LogP contribution < -0.4 is 0 Å². The van der Waals surface area contributed by atoms with Crippen molar-refractivity contribution < 1.29 is 19.5 Å². The quantitative estimate of drug-likeness (QED) is 0.736. The summed E-state index contributed by atoms with van der Waals surface area (Å²) >= 11 is 0. The van der Waals surface area contributed by atoms with Gasteiger partial charge in [0.15, 0.2) is 0 Å². The van der Waals surface area contributed by atoms with E-state index in [0.717, 1.165) is 12.8 Å². The van der Waals surface area contributed by atoms with E-state index < -0.39 is 17.3 Å². The topological polar surface area (TPSA) is 71.4 Å². The second-order valence-electron chi connectivity index (χ2n) is 5.27. The number of carbonyl (C=O) groups excluding carboxylic acids is 2. The average Bonchev–Trinajstić information content (AvgIpc) is 3.04. The van der Waals surface area contributed by atoms with Crippen molar-refractivity contribution in [2.45, 2.75) is 39.0 Å². The first-order valence-electron chi connectivity index (χ1n) is 5.74. The van der Waals surface area contributed by atoms with Crippen LogP contribution in [0.4, 0.5) is 0 Å². The normalized spacial score (nSPS) is 34.8. The molecule has 0 aromatic rings. The van der Waals surface area contributed by atoms with Crippen molar-refractivity contribution in [3.8, 4) is 0 Å². The van der Waals surface area contributed by atoms with E-state index in [1.54, 1.807) is 6.92 Å². The molecular weight excluding hydrogens is 208 g/mol. The second-order valence-corrected chi connectivity index (χ2v) is 5.27. The Hall–Kier alpha value is -1.19. The van der Waals surface area contributed by atoms with E-state index in [0.29, 0.717) is 6.42 Å².